The largest absolute Gasteiger partial charge is 0.437 e. The highest BCUT2D eigenvalue weighted by Gasteiger charge is 2.22. The number of aromatic nitrogens is 4. The molecule has 2 aromatic rings. The third-order valence-electron chi connectivity index (χ3n) is 2.66. The molecule has 2 heterocycles. The minimum Gasteiger partial charge on any atom is -0.392 e. The van der Waals surface area contributed by atoms with Crippen molar-refractivity contribution in [2.24, 2.45) is 7.05 Å². The van der Waals surface area contributed by atoms with Crippen LogP contribution in [0.3, 0.4) is 0 Å². The Bertz CT molecular complexity index is 613. The van der Waals surface area contributed by atoms with Crippen molar-refractivity contribution in [1.29, 1.82) is 0 Å². The molecular formula is C12H18N4O2. The molecule has 98 valence electrons. The molecule has 0 saturated carbocycles. The number of aryl methyl sites for hydroxylation is 2. The van der Waals surface area contributed by atoms with Gasteiger partial charge in [0.05, 0.1) is 12.2 Å². The van der Waals surface area contributed by atoms with E-state index < -0.39 is 5.76 Å². The van der Waals surface area contributed by atoms with Gasteiger partial charge in [-0.1, -0.05) is 20.8 Å². The highest BCUT2D eigenvalue weighted by atomic mass is 16.4. The predicted octanol–water partition coefficient (Wildman–Crippen LogP) is 1.22. The molecular weight excluding hydrogens is 232 g/mol. The topological polar surface area (TPSA) is 65.8 Å². The van der Waals surface area contributed by atoms with Gasteiger partial charge in [-0.15, -0.1) is 5.10 Å². The number of hydrogen-bond donors (Lipinski definition) is 0. The molecule has 18 heavy (non-hydrogen) atoms. The van der Waals surface area contributed by atoms with Gasteiger partial charge in [0.25, 0.3) is 0 Å². The van der Waals surface area contributed by atoms with E-state index in [1.165, 1.54) is 4.68 Å². The van der Waals surface area contributed by atoms with E-state index in [9.17, 15) is 4.79 Å². The standard InChI is InChI=1S/C12H18N4O2/c1-8-6-15(5)13-9(8)7-16-11(17)18-10(14-16)12(2,3)4/h6H,7H2,1-5H3. The summed E-state index contributed by atoms with van der Waals surface area (Å²) < 4.78 is 8.20. The average Bonchev–Trinajstić information content (AvgIpc) is 2.72. The zero-order chi connectivity index (χ0) is 13.5. The Morgan fingerprint density at radius 1 is 1.33 bits per heavy atom. The van der Waals surface area contributed by atoms with Crippen LogP contribution in [0.15, 0.2) is 15.4 Å². The zero-order valence-electron chi connectivity index (χ0n) is 11.4. The van der Waals surface area contributed by atoms with Crippen LogP contribution in [-0.2, 0) is 19.0 Å². The van der Waals surface area contributed by atoms with Gasteiger partial charge in [-0.3, -0.25) is 4.68 Å². The molecule has 2 rings (SSSR count). The van der Waals surface area contributed by atoms with Gasteiger partial charge in [0, 0.05) is 18.7 Å². The van der Waals surface area contributed by atoms with Crippen molar-refractivity contribution < 1.29 is 4.42 Å². The second-order valence-electron chi connectivity index (χ2n) is 5.51. The highest BCUT2D eigenvalue weighted by Crippen LogP contribution is 2.18. The van der Waals surface area contributed by atoms with Gasteiger partial charge in [0.15, 0.2) is 0 Å². The molecule has 0 spiro atoms. The lowest BCUT2D eigenvalue weighted by atomic mass is 9.97. The maximum Gasteiger partial charge on any atom is 0.437 e. The third kappa shape index (κ3) is 2.37. The van der Waals surface area contributed by atoms with E-state index >= 15 is 0 Å². The lowest BCUT2D eigenvalue weighted by Gasteiger charge is -2.10. The molecule has 0 unspecified atom stereocenters. The molecule has 0 amide bonds. The van der Waals surface area contributed by atoms with Crippen molar-refractivity contribution in [2.45, 2.75) is 39.7 Å². The van der Waals surface area contributed by atoms with Crippen molar-refractivity contribution in [3.8, 4) is 0 Å². The first kappa shape index (κ1) is 12.6. The number of nitrogens with zero attached hydrogens (tertiary/aromatic N) is 4. The van der Waals surface area contributed by atoms with E-state index in [0.717, 1.165) is 11.3 Å². The summed E-state index contributed by atoms with van der Waals surface area (Å²) in [7, 11) is 1.85. The van der Waals surface area contributed by atoms with Gasteiger partial charge in [0.2, 0.25) is 5.89 Å². The van der Waals surface area contributed by atoms with E-state index in [4.69, 9.17) is 4.42 Å². The minimum absolute atomic E-state index is 0.274. The second kappa shape index (κ2) is 4.12. The molecule has 0 radical (unpaired) electrons. The smallest absolute Gasteiger partial charge is 0.392 e. The Kier molecular flexibility index (Phi) is 2.88. The fourth-order valence-electron chi connectivity index (χ4n) is 1.66. The summed E-state index contributed by atoms with van der Waals surface area (Å²) in [5.41, 5.74) is 1.59. The van der Waals surface area contributed by atoms with Crippen molar-refractivity contribution in [3.63, 3.8) is 0 Å². The summed E-state index contributed by atoms with van der Waals surface area (Å²) in [6.07, 6.45) is 1.91. The first-order valence-electron chi connectivity index (χ1n) is 5.85. The maximum absolute atomic E-state index is 11.7. The van der Waals surface area contributed by atoms with Crippen molar-refractivity contribution in [1.82, 2.24) is 19.6 Å². The van der Waals surface area contributed by atoms with E-state index in [1.807, 2.05) is 40.9 Å². The summed E-state index contributed by atoms with van der Waals surface area (Å²) in [5.74, 6) is 0.00561. The average molecular weight is 250 g/mol. The van der Waals surface area contributed by atoms with E-state index in [2.05, 4.69) is 10.2 Å². The molecule has 0 saturated heterocycles. The lowest BCUT2D eigenvalue weighted by molar-refractivity contribution is 0.374. The number of rotatable bonds is 2. The molecule has 0 aliphatic heterocycles. The van der Waals surface area contributed by atoms with Gasteiger partial charge in [-0.25, -0.2) is 4.79 Å². The molecule has 0 bridgehead atoms. The molecule has 0 fully saturated rings. The Hall–Kier alpha value is -1.85. The van der Waals surface area contributed by atoms with Crippen LogP contribution in [0.25, 0.3) is 0 Å². The summed E-state index contributed by atoms with van der Waals surface area (Å²) >= 11 is 0. The number of hydrogen-bond acceptors (Lipinski definition) is 4. The van der Waals surface area contributed by atoms with E-state index in [1.54, 1.807) is 4.68 Å². The van der Waals surface area contributed by atoms with Crippen LogP contribution in [0.5, 0.6) is 0 Å². The summed E-state index contributed by atoms with van der Waals surface area (Å²) in [4.78, 5) is 11.7. The van der Waals surface area contributed by atoms with Gasteiger partial charge >= 0.3 is 5.76 Å². The monoisotopic (exact) mass is 250 g/mol. The molecule has 2 aromatic heterocycles. The molecule has 0 atom stereocenters. The molecule has 0 aliphatic carbocycles. The van der Waals surface area contributed by atoms with Gasteiger partial charge in [-0.2, -0.15) is 9.78 Å². The first-order chi connectivity index (χ1) is 8.27. The fourth-order valence-corrected chi connectivity index (χ4v) is 1.66. The van der Waals surface area contributed by atoms with Crippen molar-refractivity contribution >= 4 is 0 Å². The molecule has 0 aromatic carbocycles. The normalized spacial score (nSPS) is 12.1. The first-order valence-corrected chi connectivity index (χ1v) is 5.85. The van der Waals surface area contributed by atoms with Gasteiger partial charge < -0.3 is 4.42 Å². The summed E-state index contributed by atoms with van der Waals surface area (Å²) in [6, 6.07) is 0. The van der Waals surface area contributed by atoms with Crippen LogP contribution in [0.4, 0.5) is 0 Å². The SMILES string of the molecule is Cc1cn(C)nc1Cn1nc(C(C)(C)C)oc1=O. The van der Waals surface area contributed by atoms with Crippen LogP contribution in [-0.4, -0.2) is 19.6 Å². The maximum atomic E-state index is 11.7. The minimum atomic E-state index is -0.440. The predicted molar refractivity (Wildman–Crippen MR) is 66.5 cm³/mol. The highest BCUT2D eigenvalue weighted by molar-refractivity contribution is 5.14. The zero-order valence-corrected chi connectivity index (χ0v) is 11.4. The van der Waals surface area contributed by atoms with Crippen molar-refractivity contribution in [3.05, 3.63) is 33.9 Å². The quantitative estimate of drug-likeness (QED) is 0.804. The van der Waals surface area contributed by atoms with Crippen LogP contribution in [0.1, 0.15) is 37.9 Å². The third-order valence-corrected chi connectivity index (χ3v) is 2.66. The van der Waals surface area contributed by atoms with Gasteiger partial charge in [-0.05, 0) is 12.5 Å². The summed E-state index contributed by atoms with van der Waals surface area (Å²) in [5, 5.41) is 8.51. The molecule has 0 aliphatic rings. The van der Waals surface area contributed by atoms with Crippen LogP contribution in [0.2, 0.25) is 0 Å². The molecule has 6 nitrogen and oxygen atoms in total. The van der Waals surface area contributed by atoms with E-state index in [0.29, 0.717) is 12.4 Å². The lowest BCUT2D eigenvalue weighted by Crippen LogP contribution is -2.18. The Balaban J connectivity index is 2.33. The van der Waals surface area contributed by atoms with Crippen LogP contribution in [0, 0.1) is 6.92 Å². The molecule has 0 N–H and O–H groups in total. The van der Waals surface area contributed by atoms with E-state index in [-0.39, 0.29) is 5.41 Å². The van der Waals surface area contributed by atoms with Gasteiger partial charge in [0.1, 0.15) is 0 Å². The van der Waals surface area contributed by atoms with Crippen LogP contribution < -0.4 is 5.76 Å². The Labute approximate surface area is 105 Å². The second-order valence-corrected chi connectivity index (χ2v) is 5.51. The Morgan fingerprint density at radius 2 is 2.00 bits per heavy atom. The van der Waals surface area contributed by atoms with Crippen LogP contribution >= 0.6 is 0 Å². The fraction of sp³-hybridized carbons (Fsp3) is 0.583. The summed E-state index contributed by atoms with van der Waals surface area (Å²) in [6.45, 7) is 8.15. The Morgan fingerprint density at radius 3 is 2.44 bits per heavy atom. The molecule has 6 heteroatoms. The van der Waals surface area contributed by atoms with Crippen molar-refractivity contribution in [2.75, 3.05) is 0 Å².